The average molecular weight is 1190 g/mol. The van der Waals surface area contributed by atoms with Gasteiger partial charge in [-0.2, -0.15) is 4.39 Å². The Labute approximate surface area is 476 Å². The first kappa shape index (κ1) is 64.0. The molecular formula is C55H69BrF4N14O7. The number of nitrogens with one attached hydrogen (secondary N) is 2. The molecule has 7 heterocycles. The molecule has 3 saturated heterocycles. The Morgan fingerprint density at radius 3 is 1.33 bits per heavy atom. The SMILES string of the molecule is CN(C(=O)OC(C)(C)C)C1CCN(c2ncncc2F)CC1.CN(C(=O)OCc1ccccc1)C1CCN(c2ncncc2F)CC1.CN(C(=O)OCc1ccccc1)C1CCNCC1.Fc1cncnc1Br.O=c1[nH]cncc1F. The van der Waals surface area contributed by atoms with Gasteiger partial charge in [-0.1, -0.05) is 60.7 Å². The Kier molecular flexibility index (Phi) is 26.1. The number of ether oxygens (including phenoxy) is 3. The van der Waals surface area contributed by atoms with Crippen molar-refractivity contribution in [2.45, 2.75) is 96.2 Å². The van der Waals surface area contributed by atoms with E-state index in [-0.39, 0.29) is 41.6 Å². The first-order chi connectivity index (χ1) is 38.8. The van der Waals surface area contributed by atoms with Crippen molar-refractivity contribution in [1.82, 2.24) is 59.9 Å². The number of amides is 3. The van der Waals surface area contributed by atoms with E-state index >= 15 is 0 Å². The van der Waals surface area contributed by atoms with Crippen molar-refractivity contribution in [1.29, 1.82) is 0 Å². The monoisotopic (exact) mass is 1190 g/mol. The number of H-pyrrole nitrogens is 1. The maximum Gasteiger partial charge on any atom is 0.410 e. The predicted octanol–water partition coefficient (Wildman–Crippen LogP) is 8.60. The van der Waals surface area contributed by atoms with Crippen LogP contribution in [0.2, 0.25) is 0 Å². The molecule has 3 aliphatic heterocycles. The quantitative estimate of drug-likeness (QED) is 0.0784. The zero-order chi connectivity index (χ0) is 58.7. The maximum atomic E-state index is 13.8. The number of halogens is 5. The second-order valence-corrected chi connectivity index (χ2v) is 20.3. The summed E-state index contributed by atoms with van der Waals surface area (Å²) in [6.45, 7) is 10.6. The van der Waals surface area contributed by atoms with Crippen molar-refractivity contribution in [3.63, 3.8) is 0 Å². The summed E-state index contributed by atoms with van der Waals surface area (Å²) in [6.07, 6.45) is 13.5. The number of carbonyl (C=O) groups excluding carboxylic acids is 3. The molecule has 3 aliphatic rings. The largest absolute Gasteiger partial charge is 0.445 e. The van der Waals surface area contributed by atoms with Crippen molar-refractivity contribution in [3.05, 3.63) is 160 Å². The Hall–Kier alpha value is -7.87. The zero-order valence-electron chi connectivity index (χ0n) is 46.1. The van der Waals surface area contributed by atoms with Crippen LogP contribution < -0.4 is 20.7 Å². The summed E-state index contributed by atoms with van der Waals surface area (Å²) >= 11 is 2.87. The van der Waals surface area contributed by atoms with Crippen molar-refractivity contribution >= 4 is 45.8 Å². The number of rotatable bonds is 9. The van der Waals surface area contributed by atoms with Gasteiger partial charge < -0.3 is 49.0 Å². The number of aromatic nitrogens is 8. The highest BCUT2D eigenvalue weighted by Crippen LogP contribution is 2.25. The van der Waals surface area contributed by atoms with E-state index < -0.39 is 34.4 Å². The number of piperidine rings is 3. The molecule has 9 rings (SSSR count). The third-order valence-corrected chi connectivity index (χ3v) is 13.3. The molecule has 2 N–H and O–H groups in total. The van der Waals surface area contributed by atoms with Crippen molar-refractivity contribution in [2.24, 2.45) is 0 Å². The fourth-order valence-corrected chi connectivity index (χ4v) is 8.44. The number of aromatic amines is 1. The highest BCUT2D eigenvalue weighted by Gasteiger charge is 2.31. The van der Waals surface area contributed by atoms with Gasteiger partial charge in [0.05, 0.1) is 31.1 Å². The topological polar surface area (TPSA) is 230 Å². The first-order valence-corrected chi connectivity index (χ1v) is 26.8. The van der Waals surface area contributed by atoms with Crippen molar-refractivity contribution in [2.75, 3.05) is 70.2 Å². The molecule has 4 aromatic heterocycles. The van der Waals surface area contributed by atoms with Gasteiger partial charge in [0.15, 0.2) is 29.1 Å². The molecule has 2 aromatic carbocycles. The summed E-state index contributed by atoms with van der Waals surface area (Å²) in [5.74, 6) is -1.48. The van der Waals surface area contributed by atoms with Gasteiger partial charge in [-0.05, 0) is 99.4 Å². The van der Waals surface area contributed by atoms with Gasteiger partial charge in [0.1, 0.15) is 42.4 Å². The second-order valence-electron chi connectivity index (χ2n) is 19.6. The summed E-state index contributed by atoms with van der Waals surface area (Å²) in [7, 11) is 5.32. The van der Waals surface area contributed by atoms with Crippen LogP contribution in [0.15, 0.2) is 120 Å². The van der Waals surface area contributed by atoms with Gasteiger partial charge in [0.25, 0.3) is 5.56 Å². The highest BCUT2D eigenvalue weighted by molar-refractivity contribution is 9.10. The molecular weight excluding hydrogens is 1120 g/mol. The molecule has 26 heteroatoms. The van der Waals surface area contributed by atoms with E-state index in [0.717, 1.165) is 81.5 Å². The third-order valence-electron chi connectivity index (χ3n) is 12.7. The minimum absolute atomic E-state index is 0.0735. The van der Waals surface area contributed by atoms with Gasteiger partial charge >= 0.3 is 18.3 Å². The minimum Gasteiger partial charge on any atom is -0.445 e. The molecule has 0 spiro atoms. The predicted molar refractivity (Wildman–Crippen MR) is 298 cm³/mol. The third kappa shape index (κ3) is 21.9. The fourth-order valence-electron chi connectivity index (χ4n) is 8.25. The number of hydrogen-bond acceptors (Lipinski definition) is 17. The Balaban J connectivity index is 0.000000197. The zero-order valence-corrected chi connectivity index (χ0v) is 47.7. The molecule has 3 fully saturated rings. The number of carbonyl (C=O) groups is 3. The van der Waals surface area contributed by atoms with Crippen LogP contribution in [0, 0.1) is 23.3 Å². The Morgan fingerprint density at radius 2 is 0.975 bits per heavy atom. The standard InChI is InChI=1S/C18H21FN4O2.C15H23FN4O2.C14H20N2O2.C4H2BrFN2.C4H3FN2O/c1-22(18(24)25-12-14-5-3-2-4-6-14)15-7-9-23(10-8-15)17-16(19)11-20-13-21-17;1-15(2,3)22-14(21)19(4)11-5-7-20(8-6-11)13-12(16)9-17-10-18-13;1-16(13-7-9-15-10-8-13)14(17)18-11-12-5-3-2-4-6-12;5-4-3(6)1-7-2-8-4;5-3-1-6-2-7-4(3)8/h2-6,11,13,15H,7-10,12H2,1H3;9-11H,5-8H2,1-4H3;2-6,13,15H,7-11H2,1H3;1-2H;1-2H,(H,6,7,8). The molecule has 3 amide bonds. The van der Waals surface area contributed by atoms with Crippen LogP contribution in [0.25, 0.3) is 0 Å². The van der Waals surface area contributed by atoms with E-state index in [9.17, 15) is 36.7 Å². The molecule has 0 saturated carbocycles. The summed E-state index contributed by atoms with van der Waals surface area (Å²) in [5, 5.41) is 3.29. The van der Waals surface area contributed by atoms with Gasteiger partial charge in [-0.15, -0.1) is 0 Å². The number of anilines is 2. The maximum absolute atomic E-state index is 13.8. The van der Waals surface area contributed by atoms with Gasteiger partial charge in [-0.25, -0.2) is 62.4 Å². The summed E-state index contributed by atoms with van der Waals surface area (Å²) in [5.41, 5.74) is 0.735. The Morgan fingerprint density at radius 1 is 0.580 bits per heavy atom. The molecule has 21 nitrogen and oxygen atoms in total. The molecule has 0 aliphatic carbocycles. The van der Waals surface area contributed by atoms with E-state index in [1.165, 1.54) is 31.4 Å². The summed E-state index contributed by atoms with van der Waals surface area (Å²) in [4.78, 5) is 82.8. The molecule has 6 aromatic rings. The lowest BCUT2D eigenvalue weighted by Crippen LogP contribution is -2.47. The van der Waals surface area contributed by atoms with E-state index in [1.54, 1.807) is 28.8 Å². The smallest absolute Gasteiger partial charge is 0.410 e. The van der Waals surface area contributed by atoms with Crippen LogP contribution in [0.1, 0.15) is 70.4 Å². The van der Waals surface area contributed by atoms with Crippen LogP contribution >= 0.6 is 15.9 Å². The van der Waals surface area contributed by atoms with Gasteiger partial charge in [0.2, 0.25) is 5.82 Å². The lowest BCUT2D eigenvalue weighted by atomic mass is 10.0. The minimum atomic E-state index is -0.854. The molecule has 81 heavy (non-hydrogen) atoms. The van der Waals surface area contributed by atoms with Crippen molar-refractivity contribution < 1.29 is 46.2 Å². The van der Waals surface area contributed by atoms with E-state index in [4.69, 9.17) is 14.2 Å². The number of hydrogen-bond donors (Lipinski definition) is 2. The number of nitrogens with zero attached hydrogens (tertiary/aromatic N) is 12. The number of benzene rings is 2. The van der Waals surface area contributed by atoms with Crippen LogP contribution in [-0.4, -0.2) is 157 Å². The van der Waals surface area contributed by atoms with E-state index in [1.807, 2.05) is 98.3 Å². The van der Waals surface area contributed by atoms with E-state index in [2.05, 4.69) is 61.1 Å². The molecule has 0 atom stereocenters. The van der Waals surface area contributed by atoms with Crippen LogP contribution in [0.5, 0.6) is 0 Å². The average Bonchev–Trinajstić information content (AvgIpc) is 3.57. The van der Waals surface area contributed by atoms with Crippen molar-refractivity contribution in [3.8, 4) is 0 Å². The summed E-state index contributed by atoms with van der Waals surface area (Å²) < 4.78 is 67.8. The second kappa shape index (κ2) is 33.0. The van der Waals surface area contributed by atoms with Crippen LogP contribution in [0.4, 0.5) is 43.6 Å². The van der Waals surface area contributed by atoms with Crippen LogP contribution in [-0.2, 0) is 27.4 Å². The van der Waals surface area contributed by atoms with Gasteiger partial charge in [0, 0.05) is 65.4 Å². The highest BCUT2D eigenvalue weighted by atomic mass is 79.9. The molecule has 436 valence electrons. The Bertz CT molecular complexity index is 2880. The summed E-state index contributed by atoms with van der Waals surface area (Å²) in [6, 6.07) is 19.8. The molecule has 0 radical (unpaired) electrons. The van der Waals surface area contributed by atoms with Crippen LogP contribution in [0.3, 0.4) is 0 Å². The normalized spacial score (nSPS) is 14.6. The lowest BCUT2D eigenvalue weighted by molar-refractivity contribution is 0.0200. The molecule has 0 unspecified atom stereocenters. The lowest BCUT2D eigenvalue weighted by Gasteiger charge is -2.37. The fraction of sp³-hybridized carbons (Fsp3) is 0.436. The van der Waals surface area contributed by atoms with E-state index in [0.29, 0.717) is 50.5 Å². The first-order valence-electron chi connectivity index (χ1n) is 26.0. The molecule has 0 bridgehead atoms. The van der Waals surface area contributed by atoms with Gasteiger partial charge in [-0.3, -0.25) is 4.79 Å².